The molecule has 1 aromatic carbocycles. The van der Waals surface area contributed by atoms with Crippen LogP contribution in [-0.2, 0) is 0 Å². The van der Waals surface area contributed by atoms with Crippen LogP contribution >= 0.6 is 38.9 Å². The summed E-state index contributed by atoms with van der Waals surface area (Å²) in [7, 11) is 0. The second kappa shape index (κ2) is 4.84. The van der Waals surface area contributed by atoms with Gasteiger partial charge in [-0.2, -0.15) is 11.3 Å². The summed E-state index contributed by atoms with van der Waals surface area (Å²) in [6.45, 7) is 0. The van der Waals surface area contributed by atoms with E-state index in [1.807, 2.05) is 5.38 Å². The van der Waals surface area contributed by atoms with Crippen molar-refractivity contribution in [1.29, 1.82) is 0 Å². The van der Waals surface area contributed by atoms with Gasteiger partial charge < -0.3 is 5.11 Å². The molecule has 0 saturated heterocycles. The van der Waals surface area contributed by atoms with Gasteiger partial charge in [0.1, 0.15) is 11.9 Å². The first-order valence-corrected chi connectivity index (χ1v) is 6.55. The highest BCUT2D eigenvalue weighted by Crippen LogP contribution is 2.32. The molecule has 0 aliphatic heterocycles. The zero-order chi connectivity index (χ0) is 11.7. The van der Waals surface area contributed by atoms with Gasteiger partial charge >= 0.3 is 0 Å². The lowest BCUT2D eigenvalue weighted by atomic mass is 10.0. The Morgan fingerprint density at radius 1 is 1.44 bits per heavy atom. The van der Waals surface area contributed by atoms with Crippen molar-refractivity contribution in [1.82, 2.24) is 0 Å². The molecule has 0 spiro atoms. The van der Waals surface area contributed by atoms with Crippen LogP contribution in [0.25, 0.3) is 0 Å². The topological polar surface area (TPSA) is 20.2 Å². The van der Waals surface area contributed by atoms with Gasteiger partial charge in [0.15, 0.2) is 0 Å². The lowest BCUT2D eigenvalue weighted by molar-refractivity contribution is 0.215. The number of halogens is 3. The van der Waals surface area contributed by atoms with Crippen molar-refractivity contribution >= 4 is 38.9 Å². The van der Waals surface area contributed by atoms with Gasteiger partial charge in [-0.15, -0.1) is 0 Å². The third-order valence-corrected chi connectivity index (χ3v) is 4.09. The van der Waals surface area contributed by atoms with E-state index in [0.29, 0.717) is 15.1 Å². The molecule has 0 aliphatic rings. The molecule has 1 heterocycles. The quantitative estimate of drug-likeness (QED) is 0.814. The van der Waals surface area contributed by atoms with Crippen LogP contribution in [0, 0.1) is 5.82 Å². The molecule has 1 unspecified atom stereocenters. The molecule has 1 aromatic heterocycles. The summed E-state index contributed by atoms with van der Waals surface area (Å²) in [5.41, 5.74) is 0.855. The molecule has 16 heavy (non-hydrogen) atoms. The molecule has 1 N–H and O–H groups in total. The van der Waals surface area contributed by atoms with E-state index in [1.165, 1.54) is 23.5 Å². The second-order valence-electron chi connectivity index (χ2n) is 3.25. The van der Waals surface area contributed by atoms with Gasteiger partial charge in [-0.3, -0.25) is 0 Å². The lowest BCUT2D eigenvalue weighted by Gasteiger charge is -2.11. The molecular weight excluding hydrogens is 315 g/mol. The fraction of sp³-hybridized carbons (Fsp3) is 0.0909. The number of benzene rings is 1. The Morgan fingerprint density at radius 2 is 2.19 bits per heavy atom. The molecule has 0 amide bonds. The summed E-state index contributed by atoms with van der Waals surface area (Å²) in [5.74, 6) is -0.477. The molecular formula is C11H7BrClFOS. The van der Waals surface area contributed by atoms with Crippen molar-refractivity contribution in [3.05, 3.63) is 55.4 Å². The van der Waals surface area contributed by atoms with Gasteiger partial charge in [0.05, 0.1) is 5.02 Å². The largest absolute Gasteiger partial charge is 0.384 e. The molecule has 0 bridgehead atoms. The Labute approximate surface area is 110 Å². The minimum atomic E-state index is -0.975. The van der Waals surface area contributed by atoms with Crippen LogP contribution in [0.4, 0.5) is 4.39 Å². The van der Waals surface area contributed by atoms with Crippen molar-refractivity contribution in [2.75, 3.05) is 0 Å². The van der Waals surface area contributed by atoms with Crippen molar-refractivity contribution in [3.63, 3.8) is 0 Å². The summed E-state index contributed by atoms with van der Waals surface area (Å²) < 4.78 is 14.1. The summed E-state index contributed by atoms with van der Waals surface area (Å²) in [6, 6.07) is 4.45. The van der Waals surface area contributed by atoms with Crippen LogP contribution < -0.4 is 0 Å². The molecule has 0 aliphatic carbocycles. The number of hydrogen-bond acceptors (Lipinski definition) is 2. The Bertz CT molecular complexity index is 501. The predicted octanol–water partition coefficient (Wildman–Crippen LogP) is 4.38. The van der Waals surface area contributed by atoms with Crippen molar-refractivity contribution < 1.29 is 9.50 Å². The Balaban J connectivity index is 2.44. The van der Waals surface area contributed by atoms with Gasteiger partial charge in [-0.1, -0.05) is 11.6 Å². The minimum absolute atomic E-state index is 0.187. The van der Waals surface area contributed by atoms with Gasteiger partial charge in [-0.25, -0.2) is 4.39 Å². The average molecular weight is 322 g/mol. The summed E-state index contributed by atoms with van der Waals surface area (Å²) in [6.07, 6.45) is -0.975. The van der Waals surface area contributed by atoms with Crippen LogP contribution in [0.3, 0.4) is 0 Å². The number of rotatable bonds is 2. The van der Waals surface area contributed by atoms with E-state index >= 15 is 0 Å². The molecule has 2 aromatic rings. The highest BCUT2D eigenvalue weighted by molar-refractivity contribution is 9.10. The highest BCUT2D eigenvalue weighted by Gasteiger charge is 2.17. The number of thiophene rings is 1. The SMILES string of the molecule is OC(c1ccsc1)c1cc(Cl)c(Br)cc1F. The van der Waals surface area contributed by atoms with Gasteiger partial charge in [-0.05, 0) is 50.5 Å². The Hall–Kier alpha value is -0.420. The van der Waals surface area contributed by atoms with Crippen molar-refractivity contribution in [3.8, 4) is 0 Å². The van der Waals surface area contributed by atoms with E-state index < -0.39 is 11.9 Å². The normalized spacial score (nSPS) is 12.8. The van der Waals surface area contributed by atoms with Crippen LogP contribution in [0.1, 0.15) is 17.2 Å². The smallest absolute Gasteiger partial charge is 0.130 e. The maximum Gasteiger partial charge on any atom is 0.130 e. The lowest BCUT2D eigenvalue weighted by Crippen LogP contribution is -2.01. The minimum Gasteiger partial charge on any atom is -0.384 e. The first kappa shape index (κ1) is 12.0. The van der Waals surface area contributed by atoms with Crippen molar-refractivity contribution in [2.24, 2.45) is 0 Å². The van der Waals surface area contributed by atoms with Gasteiger partial charge in [0, 0.05) is 10.0 Å². The number of aliphatic hydroxyl groups is 1. The molecule has 5 heteroatoms. The third kappa shape index (κ3) is 2.30. The Morgan fingerprint density at radius 3 is 2.81 bits per heavy atom. The fourth-order valence-electron chi connectivity index (χ4n) is 1.36. The molecule has 1 atom stereocenters. The van der Waals surface area contributed by atoms with E-state index in [4.69, 9.17) is 11.6 Å². The van der Waals surface area contributed by atoms with Crippen molar-refractivity contribution in [2.45, 2.75) is 6.10 Å². The average Bonchev–Trinajstić information content (AvgIpc) is 2.75. The number of hydrogen-bond donors (Lipinski definition) is 1. The maximum absolute atomic E-state index is 13.6. The van der Waals surface area contributed by atoms with E-state index in [1.54, 1.807) is 11.4 Å². The zero-order valence-corrected chi connectivity index (χ0v) is 11.1. The summed E-state index contributed by atoms with van der Waals surface area (Å²) >= 11 is 10.4. The first-order chi connectivity index (χ1) is 7.59. The predicted molar refractivity (Wildman–Crippen MR) is 67.5 cm³/mol. The fourth-order valence-corrected chi connectivity index (χ4v) is 2.52. The monoisotopic (exact) mass is 320 g/mol. The molecule has 84 valence electrons. The summed E-state index contributed by atoms with van der Waals surface area (Å²) in [4.78, 5) is 0. The number of aliphatic hydroxyl groups excluding tert-OH is 1. The molecule has 1 nitrogen and oxygen atoms in total. The second-order valence-corrected chi connectivity index (χ2v) is 5.29. The van der Waals surface area contributed by atoms with Crippen LogP contribution in [0.2, 0.25) is 5.02 Å². The van der Waals surface area contributed by atoms with E-state index in [2.05, 4.69) is 15.9 Å². The first-order valence-electron chi connectivity index (χ1n) is 4.44. The van der Waals surface area contributed by atoms with Gasteiger partial charge in [0.25, 0.3) is 0 Å². The highest BCUT2D eigenvalue weighted by atomic mass is 79.9. The van der Waals surface area contributed by atoms with E-state index in [0.717, 1.165) is 0 Å². The van der Waals surface area contributed by atoms with Crippen LogP contribution in [0.5, 0.6) is 0 Å². The Kier molecular flexibility index (Phi) is 3.64. The summed E-state index contributed by atoms with van der Waals surface area (Å²) in [5, 5.41) is 14.0. The van der Waals surface area contributed by atoms with E-state index in [-0.39, 0.29) is 5.56 Å². The molecule has 0 fully saturated rings. The molecule has 0 radical (unpaired) electrons. The maximum atomic E-state index is 13.6. The van der Waals surface area contributed by atoms with Gasteiger partial charge in [0.2, 0.25) is 0 Å². The zero-order valence-electron chi connectivity index (χ0n) is 7.95. The molecule has 0 saturated carbocycles. The van der Waals surface area contributed by atoms with Crippen LogP contribution in [0.15, 0.2) is 33.4 Å². The van der Waals surface area contributed by atoms with Crippen LogP contribution in [-0.4, -0.2) is 5.11 Å². The van der Waals surface area contributed by atoms with E-state index in [9.17, 15) is 9.50 Å². The third-order valence-electron chi connectivity index (χ3n) is 2.19. The standard InChI is InChI=1S/C11H7BrClFOS/c12-8-4-10(14)7(3-9(8)13)11(15)6-1-2-16-5-6/h1-5,11,15H. The molecule has 2 rings (SSSR count).